The van der Waals surface area contributed by atoms with Gasteiger partial charge in [-0.25, -0.2) is 10.9 Å². The Balaban J connectivity index is 1.26. The summed E-state index contributed by atoms with van der Waals surface area (Å²) in [5.74, 6) is 1.54. The van der Waals surface area contributed by atoms with Gasteiger partial charge < -0.3 is 10.6 Å². The molecule has 1 heterocycles. The first kappa shape index (κ1) is 36.4. The van der Waals surface area contributed by atoms with Crippen molar-refractivity contribution in [3.63, 3.8) is 0 Å². The maximum atomic E-state index is 13.6. The minimum Gasteiger partial charge on any atom is -0.385 e. The third-order valence-corrected chi connectivity index (χ3v) is 11.0. The van der Waals surface area contributed by atoms with Gasteiger partial charge in [0.1, 0.15) is 0 Å². The molecule has 5 nitrogen and oxygen atoms in total. The number of halogens is 2. The first-order valence-corrected chi connectivity index (χ1v) is 17.7. The fourth-order valence-electron chi connectivity index (χ4n) is 7.79. The number of nitrogens with zero attached hydrogens (tertiary/aromatic N) is 1. The van der Waals surface area contributed by atoms with Gasteiger partial charge in [0.2, 0.25) is 0 Å². The van der Waals surface area contributed by atoms with Gasteiger partial charge in [-0.05, 0) is 100 Å². The Hall–Kier alpha value is -2.48. The summed E-state index contributed by atoms with van der Waals surface area (Å²) in [6.45, 7) is 23.7. The number of alkyl halides is 2. The van der Waals surface area contributed by atoms with Gasteiger partial charge in [-0.1, -0.05) is 70.4 Å². The molecule has 4 rings (SSSR count). The normalized spacial score (nSPS) is 24.4. The largest absolute Gasteiger partial charge is 0.385 e. The lowest BCUT2D eigenvalue weighted by Crippen LogP contribution is -2.61. The summed E-state index contributed by atoms with van der Waals surface area (Å²) in [7, 11) is 0. The minimum absolute atomic E-state index is 0.0669. The Labute approximate surface area is 278 Å². The lowest BCUT2D eigenvalue weighted by atomic mass is 9.64. The van der Waals surface area contributed by atoms with Crippen molar-refractivity contribution >= 4 is 6.08 Å². The quantitative estimate of drug-likeness (QED) is 0.102. The number of fused-ring (bicyclic) bond motifs is 1. The highest BCUT2D eigenvalue weighted by molar-refractivity contribution is 5.56. The SMILES string of the molecule is C=CC1(/C=C/c2ccc3c(c2)C(CC(C)NC(=C)C2CCCN(NC(C)NC(=C)C(CC)C(C)C)N2)C3)CCC(CF)(CF)CC1. The van der Waals surface area contributed by atoms with E-state index in [1.165, 1.54) is 16.7 Å². The number of hydrogen-bond donors (Lipinski definition) is 4. The van der Waals surface area contributed by atoms with Crippen LogP contribution in [0.2, 0.25) is 0 Å². The van der Waals surface area contributed by atoms with Gasteiger partial charge in [-0.3, -0.25) is 8.78 Å². The Morgan fingerprint density at radius 1 is 1.09 bits per heavy atom. The summed E-state index contributed by atoms with van der Waals surface area (Å²) >= 11 is 0. The Bertz CT molecular complexity index is 1210. The van der Waals surface area contributed by atoms with Crippen molar-refractivity contribution in [1.82, 2.24) is 26.6 Å². The molecule has 4 N–H and O–H groups in total. The smallest absolute Gasteiger partial charge is 0.0975 e. The highest BCUT2D eigenvalue weighted by Crippen LogP contribution is 2.48. The van der Waals surface area contributed by atoms with Crippen molar-refractivity contribution in [2.75, 3.05) is 19.9 Å². The summed E-state index contributed by atoms with van der Waals surface area (Å²) < 4.78 is 27.1. The van der Waals surface area contributed by atoms with Crippen LogP contribution in [0.25, 0.3) is 6.08 Å². The van der Waals surface area contributed by atoms with Gasteiger partial charge in [0.05, 0.1) is 25.6 Å². The standard InChI is InChI=1S/C39H61F2N5/c1-9-35(27(3)4)29(6)43-31(8)44-46-21-11-12-37(45-46)30(7)42-28(5)22-34-24-33-14-13-32(23-36(33)34)15-16-38(10-2)17-19-39(25-40,26-41)20-18-38/h10,13-16,23,27-28,31,34-35,37,42-45H,2,6-7,9,11-12,17-22,24-26H2,1,3-5,8H3/b16-15+. The lowest BCUT2D eigenvalue weighted by molar-refractivity contribution is 0.0429. The molecule has 0 bridgehead atoms. The van der Waals surface area contributed by atoms with Gasteiger partial charge in [0.25, 0.3) is 0 Å². The van der Waals surface area contributed by atoms with Crippen LogP contribution in [0.3, 0.4) is 0 Å². The van der Waals surface area contributed by atoms with E-state index in [9.17, 15) is 8.78 Å². The van der Waals surface area contributed by atoms with Gasteiger partial charge in [0.15, 0.2) is 0 Å². The molecule has 1 saturated carbocycles. The molecule has 7 heteroatoms. The maximum Gasteiger partial charge on any atom is 0.0975 e. The molecule has 1 aromatic rings. The molecule has 5 unspecified atom stereocenters. The summed E-state index contributed by atoms with van der Waals surface area (Å²) in [4.78, 5) is 0. The van der Waals surface area contributed by atoms with Crippen molar-refractivity contribution in [1.29, 1.82) is 0 Å². The van der Waals surface area contributed by atoms with E-state index >= 15 is 0 Å². The van der Waals surface area contributed by atoms with Crippen LogP contribution in [-0.2, 0) is 6.42 Å². The van der Waals surface area contributed by atoms with E-state index in [2.05, 4.69) is 111 Å². The van der Waals surface area contributed by atoms with Crippen LogP contribution >= 0.6 is 0 Å². The van der Waals surface area contributed by atoms with Crippen molar-refractivity contribution in [2.45, 2.75) is 117 Å². The molecule has 1 aromatic carbocycles. The monoisotopic (exact) mass is 637 g/mol. The molecule has 2 fully saturated rings. The predicted molar refractivity (Wildman–Crippen MR) is 190 cm³/mol. The molecule has 1 aliphatic heterocycles. The average molecular weight is 638 g/mol. The maximum absolute atomic E-state index is 13.6. The predicted octanol–water partition coefficient (Wildman–Crippen LogP) is 8.50. The van der Waals surface area contributed by atoms with Crippen LogP contribution in [0.5, 0.6) is 0 Å². The fourth-order valence-corrected chi connectivity index (χ4v) is 7.79. The number of hydrazine groups is 2. The van der Waals surface area contributed by atoms with Crippen LogP contribution in [0.15, 0.2) is 61.5 Å². The second-order valence-electron chi connectivity index (χ2n) is 15.0. The molecule has 0 amide bonds. The van der Waals surface area contributed by atoms with Crippen molar-refractivity contribution < 1.29 is 8.78 Å². The van der Waals surface area contributed by atoms with Crippen LogP contribution in [0.1, 0.15) is 109 Å². The molecular weight excluding hydrogens is 576 g/mol. The van der Waals surface area contributed by atoms with Gasteiger partial charge in [0, 0.05) is 40.7 Å². The van der Waals surface area contributed by atoms with E-state index in [4.69, 9.17) is 0 Å². The van der Waals surface area contributed by atoms with Crippen LogP contribution in [0, 0.1) is 22.7 Å². The fraction of sp³-hybridized carbons (Fsp3) is 0.641. The number of hydrogen-bond acceptors (Lipinski definition) is 5. The van der Waals surface area contributed by atoms with Crippen molar-refractivity contribution in [3.05, 3.63) is 78.2 Å². The summed E-state index contributed by atoms with van der Waals surface area (Å²) in [5.41, 5.74) is 12.4. The van der Waals surface area contributed by atoms with E-state index < -0.39 is 18.8 Å². The highest BCUT2D eigenvalue weighted by atomic mass is 19.1. The van der Waals surface area contributed by atoms with Crippen molar-refractivity contribution in [3.8, 4) is 0 Å². The van der Waals surface area contributed by atoms with E-state index in [0.29, 0.717) is 36.6 Å². The molecule has 0 radical (unpaired) electrons. The third kappa shape index (κ3) is 8.90. The van der Waals surface area contributed by atoms with Gasteiger partial charge in [-0.15, -0.1) is 6.58 Å². The molecule has 256 valence electrons. The molecular formula is C39H61F2N5. The number of rotatable bonds is 17. The summed E-state index contributed by atoms with van der Waals surface area (Å²) in [6.07, 6.45) is 14.4. The molecule has 46 heavy (non-hydrogen) atoms. The second kappa shape index (κ2) is 16.1. The van der Waals surface area contributed by atoms with Crippen LogP contribution < -0.4 is 21.5 Å². The number of allylic oxidation sites excluding steroid dienone is 3. The molecule has 0 spiro atoms. The topological polar surface area (TPSA) is 51.4 Å². The average Bonchev–Trinajstić information content (AvgIpc) is 3.03. The zero-order valence-corrected chi connectivity index (χ0v) is 29.2. The zero-order valence-electron chi connectivity index (χ0n) is 29.2. The number of benzene rings is 1. The summed E-state index contributed by atoms with van der Waals surface area (Å²) in [6, 6.07) is 7.24. The first-order valence-electron chi connectivity index (χ1n) is 17.7. The van der Waals surface area contributed by atoms with E-state index in [1.54, 1.807) is 0 Å². The van der Waals surface area contributed by atoms with E-state index in [-0.39, 0.29) is 17.6 Å². The Morgan fingerprint density at radius 2 is 1.80 bits per heavy atom. The Kier molecular flexibility index (Phi) is 12.7. The molecule has 3 aliphatic rings. The van der Waals surface area contributed by atoms with E-state index in [0.717, 1.165) is 62.9 Å². The summed E-state index contributed by atoms with van der Waals surface area (Å²) in [5, 5.41) is 9.38. The van der Waals surface area contributed by atoms with Gasteiger partial charge in [-0.2, -0.15) is 5.12 Å². The van der Waals surface area contributed by atoms with Crippen LogP contribution in [0.4, 0.5) is 8.78 Å². The molecule has 2 aliphatic carbocycles. The highest BCUT2D eigenvalue weighted by Gasteiger charge is 2.40. The number of nitrogens with one attached hydrogen (secondary N) is 4. The van der Waals surface area contributed by atoms with Crippen molar-refractivity contribution in [2.24, 2.45) is 22.7 Å². The third-order valence-electron chi connectivity index (χ3n) is 11.0. The first-order chi connectivity index (χ1) is 22.0. The van der Waals surface area contributed by atoms with E-state index in [1.807, 2.05) is 6.08 Å². The molecule has 5 atom stereocenters. The molecule has 1 saturated heterocycles. The minimum atomic E-state index is -0.792. The lowest BCUT2D eigenvalue weighted by Gasteiger charge is -2.41. The van der Waals surface area contributed by atoms with Crippen LogP contribution in [-0.4, -0.2) is 43.3 Å². The zero-order chi connectivity index (χ0) is 33.5. The Morgan fingerprint density at radius 3 is 2.43 bits per heavy atom. The van der Waals surface area contributed by atoms with Gasteiger partial charge >= 0.3 is 0 Å². The molecule has 0 aromatic heterocycles. The second-order valence-corrected chi connectivity index (χ2v) is 15.0.